The van der Waals surface area contributed by atoms with Crippen LogP contribution in [0.2, 0.25) is 0 Å². The molecule has 0 aromatic carbocycles. The van der Waals surface area contributed by atoms with E-state index >= 15 is 0 Å². The van der Waals surface area contributed by atoms with Gasteiger partial charge in [-0.2, -0.15) is 0 Å². The van der Waals surface area contributed by atoms with Crippen molar-refractivity contribution in [3.63, 3.8) is 0 Å². The van der Waals surface area contributed by atoms with Crippen molar-refractivity contribution >= 4 is 21.8 Å². The monoisotopic (exact) mass is 311 g/mol. The maximum Gasteiger partial charge on any atom is 0.272 e. The average Bonchev–Trinajstić information content (AvgIpc) is 2.38. The number of piperazine rings is 1. The number of aromatic nitrogens is 1. The van der Waals surface area contributed by atoms with E-state index in [9.17, 15) is 4.79 Å². The molecule has 1 aromatic heterocycles. The van der Waals surface area contributed by atoms with Crippen molar-refractivity contribution in [2.24, 2.45) is 0 Å². The number of likely N-dealkylation sites (N-methyl/N-ethyl adjacent to an activating group) is 1. The third-order valence-corrected chi connectivity index (χ3v) is 3.91. The summed E-state index contributed by atoms with van der Waals surface area (Å²) in [5.41, 5.74) is 0.517. The van der Waals surface area contributed by atoms with Gasteiger partial charge in [0.1, 0.15) is 10.3 Å². The van der Waals surface area contributed by atoms with E-state index in [0.717, 1.165) is 26.1 Å². The molecule has 5 heteroatoms. The molecule has 1 atom stereocenters. The van der Waals surface area contributed by atoms with E-state index in [0.29, 0.717) is 16.3 Å². The van der Waals surface area contributed by atoms with Crippen molar-refractivity contribution in [3.05, 3.63) is 28.5 Å². The first-order valence-electron chi connectivity index (χ1n) is 6.24. The Bertz CT molecular complexity index is 438. The topological polar surface area (TPSA) is 36.4 Å². The zero-order valence-corrected chi connectivity index (χ0v) is 12.4. The minimum absolute atomic E-state index is 0.0304. The average molecular weight is 312 g/mol. The Morgan fingerprint density at radius 3 is 2.94 bits per heavy atom. The van der Waals surface area contributed by atoms with Crippen LogP contribution in [-0.4, -0.2) is 53.4 Å². The number of carbonyl (C=O) groups excluding carboxylic acids is 1. The second kappa shape index (κ2) is 5.80. The molecule has 1 amide bonds. The van der Waals surface area contributed by atoms with Gasteiger partial charge in [0, 0.05) is 25.7 Å². The van der Waals surface area contributed by atoms with Crippen LogP contribution in [0, 0.1) is 0 Å². The highest BCUT2D eigenvalue weighted by Gasteiger charge is 2.27. The largest absolute Gasteiger partial charge is 0.334 e. The molecule has 1 aromatic rings. The molecule has 1 fully saturated rings. The molecule has 1 aliphatic heterocycles. The van der Waals surface area contributed by atoms with E-state index in [1.165, 1.54) is 0 Å². The number of pyridine rings is 1. The molecule has 18 heavy (non-hydrogen) atoms. The Morgan fingerprint density at radius 2 is 2.28 bits per heavy atom. The van der Waals surface area contributed by atoms with Crippen LogP contribution in [0.4, 0.5) is 0 Å². The van der Waals surface area contributed by atoms with Gasteiger partial charge in [-0.15, -0.1) is 0 Å². The summed E-state index contributed by atoms with van der Waals surface area (Å²) in [6.45, 7) is 4.66. The number of halogens is 1. The third kappa shape index (κ3) is 2.90. The van der Waals surface area contributed by atoms with E-state index in [1.54, 1.807) is 6.07 Å². The Morgan fingerprint density at radius 1 is 1.50 bits per heavy atom. The summed E-state index contributed by atoms with van der Waals surface area (Å²) < 4.78 is 0.703. The van der Waals surface area contributed by atoms with Gasteiger partial charge in [-0.05, 0) is 41.5 Å². The summed E-state index contributed by atoms with van der Waals surface area (Å²) >= 11 is 3.30. The molecule has 4 nitrogen and oxygen atoms in total. The smallest absolute Gasteiger partial charge is 0.272 e. The lowest BCUT2D eigenvalue weighted by atomic mass is 10.1. The number of carbonyl (C=O) groups is 1. The van der Waals surface area contributed by atoms with Crippen LogP contribution in [0.15, 0.2) is 22.8 Å². The van der Waals surface area contributed by atoms with E-state index < -0.39 is 0 Å². The SMILES string of the molecule is CCC1CN(C(=O)c2cccc(Br)n2)CCN1C. The van der Waals surface area contributed by atoms with Gasteiger partial charge in [0.25, 0.3) is 5.91 Å². The van der Waals surface area contributed by atoms with Crippen molar-refractivity contribution in [2.45, 2.75) is 19.4 Å². The van der Waals surface area contributed by atoms with Crippen molar-refractivity contribution < 1.29 is 4.79 Å². The molecule has 1 unspecified atom stereocenters. The number of hydrogen-bond acceptors (Lipinski definition) is 3. The highest BCUT2D eigenvalue weighted by atomic mass is 79.9. The van der Waals surface area contributed by atoms with Gasteiger partial charge in [-0.1, -0.05) is 13.0 Å². The van der Waals surface area contributed by atoms with E-state index in [2.05, 4.69) is 39.8 Å². The Hall–Kier alpha value is -0.940. The minimum atomic E-state index is 0.0304. The lowest BCUT2D eigenvalue weighted by Gasteiger charge is -2.38. The van der Waals surface area contributed by atoms with Gasteiger partial charge in [-0.3, -0.25) is 9.69 Å². The van der Waals surface area contributed by atoms with Gasteiger partial charge < -0.3 is 4.90 Å². The highest BCUT2D eigenvalue weighted by Crippen LogP contribution is 2.14. The molecule has 0 saturated carbocycles. The second-order valence-corrected chi connectivity index (χ2v) is 5.45. The van der Waals surface area contributed by atoms with Crippen LogP contribution in [0.5, 0.6) is 0 Å². The van der Waals surface area contributed by atoms with Gasteiger partial charge in [-0.25, -0.2) is 4.98 Å². The summed E-state index contributed by atoms with van der Waals surface area (Å²) in [6, 6.07) is 5.90. The van der Waals surface area contributed by atoms with Gasteiger partial charge in [0.2, 0.25) is 0 Å². The normalized spacial score (nSPS) is 21.1. The number of nitrogens with zero attached hydrogens (tertiary/aromatic N) is 3. The summed E-state index contributed by atoms with van der Waals surface area (Å²) in [6.07, 6.45) is 1.06. The first kappa shape index (κ1) is 13.5. The van der Waals surface area contributed by atoms with Crippen molar-refractivity contribution in [1.29, 1.82) is 0 Å². The molecular formula is C13H18BrN3O. The van der Waals surface area contributed by atoms with Crippen LogP contribution in [0.1, 0.15) is 23.8 Å². The summed E-state index contributed by atoms with van der Waals surface area (Å²) in [5.74, 6) is 0.0304. The van der Waals surface area contributed by atoms with Crippen molar-refractivity contribution in [3.8, 4) is 0 Å². The maximum atomic E-state index is 12.3. The Balaban J connectivity index is 2.10. The zero-order valence-electron chi connectivity index (χ0n) is 10.8. The fourth-order valence-corrected chi connectivity index (χ4v) is 2.60. The maximum absolute atomic E-state index is 12.3. The molecule has 1 saturated heterocycles. The highest BCUT2D eigenvalue weighted by molar-refractivity contribution is 9.10. The Labute approximate surface area is 116 Å². The summed E-state index contributed by atoms with van der Waals surface area (Å²) in [5, 5.41) is 0. The number of amides is 1. The van der Waals surface area contributed by atoms with Crippen LogP contribution >= 0.6 is 15.9 Å². The van der Waals surface area contributed by atoms with E-state index in [-0.39, 0.29) is 5.91 Å². The molecule has 0 radical (unpaired) electrons. The quantitative estimate of drug-likeness (QED) is 0.784. The second-order valence-electron chi connectivity index (χ2n) is 4.64. The van der Waals surface area contributed by atoms with E-state index in [4.69, 9.17) is 0 Å². The Kier molecular flexibility index (Phi) is 4.35. The molecule has 0 bridgehead atoms. The standard InChI is InChI=1S/C13H18BrN3O/c1-3-10-9-17(8-7-16(10)2)13(18)11-5-4-6-12(14)15-11/h4-6,10H,3,7-9H2,1-2H3. The third-order valence-electron chi connectivity index (χ3n) is 3.47. The van der Waals surface area contributed by atoms with Gasteiger partial charge >= 0.3 is 0 Å². The molecule has 0 spiro atoms. The fourth-order valence-electron chi connectivity index (χ4n) is 2.26. The number of hydrogen-bond donors (Lipinski definition) is 0. The predicted octanol–water partition coefficient (Wildman–Crippen LogP) is 2.01. The summed E-state index contributed by atoms with van der Waals surface area (Å²) in [4.78, 5) is 20.8. The van der Waals surface area contributed by atoms with E-state index in [1.807, 2.05) is 17.0 Å². The molecule has 0 N–H and O–H groups in total. The van der Waals surface area contributed by atoms with Crippen LogP contribution < -0.4 is 0 Å². The molecule has 0 aliphatic carbocycles. The molecular weight excluding hydrogens is 294 g/mol. The fraction of sp³-hybridized carbons (Fsp3) is 0.538. The van der Waals surface area contributed by atoms with Gasteiger partial charge in [0.15, 0.2) is 0 Å². The minimum Gasteiger partial charge on any atom is -0.334 e. The molecule has 2 heterocycles. The van der Waals surface area contributed by atoms with Gasteiger partial charge in [0.05, 0.1) is 0 Å². The molecule has 2 rings (SSSR count). The van der Waals surface area contributed by atoms with Crippen LogP contribution in [0.3, 0.4) is 0 Å². The van der Waals surface area contributed by atoms with Crippen LogP contribution in [-0.2, 0) is 0 Å². The molecule has 98 valence electrons. The first-order valence-corrected chi connectivity index (χ1v) is 7.03. The van der Waals surface area contributed by atoms with Crippen molar-refractivity contribution in [1.82, 2.24) is 14.8 Å². The predicted molar refractivity (Wildman–Crippen MR) is 74.5 cm³/mol. The molecule has 1 aliphatic rings. The lowest BCUT2D eigenvalue weighted by molar-refractivity contribution is 0.0536. The number of rotatable bonds is 2. The van der Waals surface area contributed by atoms with Crippen LogP contribution in [0.25, 0.3) is 0 Å². The van der Waals surface area contributed by atoms with Crippen molar-refractivity contribution in [2.75, 3.05) is 26.7 Å². The zero-order chi connectivity index (χ0) is 13.1. The first-order chi connectivity index (χ1) is 8.61. The summed E-state index contributed by atoms with van der Waals surface area (Å²) in [7, 11) is 2.12. The lowest BCUT2D eigenvalue weighted by Crippen LogP contribution is -2.53.